The van der Waals surface area contributed by atoms with Gasteiger partial charge in [-0.25, -0.2) is 9.37 Å². The van der Waals surface area contributed by atoms with Crippen LogP contribution in [0.15, 0.2) is 72.9 Å². The van der Waals surface area contributed by atoms with Crippen molar-refractivity contribution in [2.45, 2.75) is 6.42 Å². The molecule has 0 spiro atoms. The van der Waals surface area contributed by atoms with Crippen LogP contribution in [0.25, 0.3) is 0 Å². The fourth-order valence-corrected chi connectivity index (χ4v) is 5.22. The number of aromatic nitrogens is 1. The van der Waals surface area contributed by atoms with Gasteiger partial charge in [-0.05, 0) is 48.0 Å². The van der Waals surface area contributed by atoms with E-state index < -0.39 is 0 Å². The summed E-state index contributed by atoms with van der Waals surface area (Å²) in [6.07, 6.45) is 2.25. The number of para-hydroxylation sites is 2. The molecule has 2 amide bonds. The molecular weight excluding hydrogens is 583 g/mol. The maximum atomic E-state index is 13.2. The summed E-state index contributed by atoms with van der Waals surface area (Å²) in [6, 6.07) is 18.4. The van der Waals surface area contributed by atoms with Gasteiger partial charge in [-0.15, -0.1) is 11.3 Å². The molecule has 42 heavy (non-hydrogen) atoms. The quantitative estimate of drug-likeness (QED) is 0.303. The summed E-state index contributed by atoms with van der Waals surface area (Å²) in [7, 11) is 0. The normalized spacial score (nSPS) is 14.7. The minimum absolute atomic E-state index is 0.0650. The van der Waals surface area contributed by atoms with Gasteiger partial charge in [0.1, 0.15) is 12.4 Å². The first-order chi connectivity index (χ1) is 20.4. The Morgan fingerprint density at radius 3 is 2.69 bits per heavy atom. The third-order valence-electron chi connectivity index (χ3n) is 6.15. The predicted octanol–water partition coefficient (Wildman–Crippen LogP) is 5.61. The topological polar surface area (TPSA) is 102 Å². The maximum Gasteiger partial charge on any atom is 0.240 e. The van der Waals surface area contributed by atoms with Crippen molar-refractivity contribution in [2.75, 3.05) is 50.1 Å². The van der Waals surface area contributed by atoms with E-state index in [-0.39, 0.29) is 43.9 Å². The van der Waals surface area contributed by atoms with Crippen LogP contribution >= 0.6 is 22.9 Å². The number of rotatable bonds is 5. The lowest BCUT2D eigenvalue weighted by molar-refractivity contribution is -0.120. The Labute approximate surface area is 251 Å². The number of carbonyl (C=O) groups excluding carboxylic acids is 2. The molecule has 4 aromatic rings. The van der Waals surface area contributed by atoms with Crippen LogP contribution in [0.1, 0.15) is 10.4 Å². The molecular formula is C30H28ClFN4O5S. The van der Waals surface area contributed by atoms with E-state index in [4.69, 9.17) is 25.8 Å². The number of benzene rings is 3. The van der Waals surface area contributed by atoms with E-state index >= 15 is 0 Å². The van der Waals surface area contributed by atoms with E-state index in [1.165, 1.54) is 23.5 Å². The Bertz CT molecular complexity index is 1530. The Morgan fingerprint density at radius 2 is 1.86 bits per heavy atom. The van der Waals surface area contributed by atoms with Crippen molar-refractivity contribution >= 4 is 45.6 Å². The number of thiazole rings is 1. The number of hydrogen-bond acceptors (Lipinski definition) is 8. The number of carbonyl (C=O) groups is 2. The summed E-state index contributed by atoms with van der Waals surface area (Å²) in [5.74, 6) is 0.424. The summed E-state index contributed by atoms with van der Waals surface area (Å²) >= 11 is 7.55. The molecule has 1 aliphatic rings. The number of anilines is 2. The van der Waals surface area contributed by atoms with Crippen LogP contribution in [0.3, 0.4) is 0 Å². The van der Waals surface area contributed by atoms with Gasteiger partial charge in [0.05, 0.1) is 32.0 Å². The van der Waals surface area contributed by atoms with Crippen molar-refractivity contribution in [1.82, 2.24) is 9.88 Å². The highest BCUT2D eigenvalue weighted by molar-refractivity contribution is 7.15. The van der Waals surface area contributed by atoms with Crippen LogP contribution in [0.5, 0.6) is 17.2 Å². The first-order valence-corrected chi connectivity index (χ1v) is 14.4. The zero-order valence-electron chi connectivity index (χ0n) is 22.5. The highest BCUT2D eigenvalue weighted by Crippen LogP contribution is 2.36. The van der Waals surface area contributed by atoms with Gasteiger partial charge in [0.25, 0.3) is 0 Å². The summed E-state index contributed by atoms with van der Waals surface area (Å²) in [4.78, 5) is 32.9. The minimum Gasteiger partial charge on any atom is -0.487 e. The average molecular weight is 611 g/mol. The Morgan fingerprint density at radius 1 is 1.05 bits per heavy atom. The largest absolute Gasteiger partial charge is 0.487 e. The number of amides is 2. The molecule has 9 nitrogen and oxygen atoms in total. The lowest BCUT2D eigenvalue weighted by Gasteiger charge is -2.21. The van der Waals surface area contributed by atoms with Crippen LogP contribution < -0.4 is 20.1 Å². The van der Waals surface area contributed by atoms with Crippen molar-refractivity contribution < 1.29 is 28.2 Å². The monoisotopic (exact) mass is 610 g/mol. The first-order valence-electron chi connectivity index (χ1n) is 13.2. The summed E-state index contributed by atoms with van der Waals surface area (Å²) in [5.41, 5.74) is 1.32. The SMILES string of the molecule is O=C(CN1CCOCCOc2ccccc2Oc2ccc(Cl)cc2NC(=O)C1)Nc1ncc(Cc2ccc(F)cc2)s1. The standard InChI is InChI=1S/C30H28ClFN4O5S/c31-21-7-10-25-24(16-21)34-28(37)18-36(11-12-39-13-14-40-26-3-1-2-4-27(26)41-25)19-29(38)35-30-33-17-23(42-30)15-20-5-8-22(32)9-6-20/h1-10,16-17H,11-15,18-19H2,(H,34,37)(H,33,35,38). The number of hydrogen-bond donors (Lipinski definition) is 2. The van der Waals surface area contributed by atoms with Crippen LogP contribution in [0.2, 0.25) is 5.02 Å². The number of fused-ring (bicyclic) bond motifs is 2. The Kier molecular flexibility index (Phi) is 9.98. The van der Waals surface area contributed by atoms with Gasteiger partial charge >= 0.3 is 0 Å². The highest BCUT2D eigenvalue weighted by Gasteiger charge is 2.19. The van der Waals surface area contributed by atoms with Crippen molar-refractivity contribution in [2.24, 2.45) is 0 Å². The molecule has 0 aliphatic carbocycles. The van der Waals surface area contributed by atoms with E-state index in [0.717, 1.165) is 10.4 Å². The van der Waals surface area contributed by atoms with Crippen LogP contribution in [-0.4, -0.2) is 61.2 Å². The second-order valence-corrected chi connectivity index (χ2v) is 10.9. The molecule has 0 unspecified atom stereocenters. The third kappa shape index (κ3) is 8.49. The summed E-state index contributed by atoms with van der Waals surface area (Å²) in [6.45, 7) is 1.06. The predicted molar refractivity (Wildman–Crippen MR) is 159 cm³/mol. The second-order valence-electron chi connectivity index (χ2n) is 9.39. The molecule has 0 saturated carbocycles. The Hall–Kier alpha value is -4.03. The maximum absolute atomic E-state index is 13.2. The van der Waals surface area contributed by atoms with Gasteiger partial charge in [-0.2, -0.15) is 0 Å². The molecule has 1 aromatic heterocycles. The fraction of sp³-hybridized carbons (Fsp3) is 0.233. The minimum atomic E-state index is -0.356. The lowest BCUT2D eigenvalue weighted by Crippen LogP contribution is -2.40. The molecule has 0 radical (unpaired) electrons. The number of halogens is 2. The molecule has 2 heterocycles. The van der Waals surface area contributed by atoms with Crippen molar-refractivity contribution in [3.05, 3.63) is 94.2 Å². The zero-order valence-corrected chi connectivity index (χ0v) is 24.1. The van der Waals surface area contributed by atoms with Crippen molar-refractivity contribution in [3.8, 4) is 17.2 Å². The number of ether oxygens (including phenoxy) is 3. The third-order valence-corrected chi connectivity index (χ3v) is 7.30. The average Bonchev–Trinajstić information content (AvgIpc) is 3.39. The van der Waals surface area contributed by atoms with E-state index in [0.29, 0.717) is 52.7 Å². The van der Waals surface area contributed by atoms with Crippen LogP contribution in [0.4, 0.5) is 15.2 Å². The molecule has 0 fully saturated rings. The van der Waals surface area contributed by atoms with Crippen LogP contribution in [-0.2, 0) is 20.7 Å². The second kappa shape index (κ2) is 14.2. The van der Waals surface area contributed by atoms with Gasteiger partial charge in [0, 0.05) is 29.1 Å². The van der Waals surface area contributed by atoms with E-state index in [2.05, 4.69) is 15.6 Å². The Balaban J connectivity index is 1.24. The molecule has 0 bridgehead atoms. The molecule has 3 aromatic carbocycles. The van der Waals surface area contributed by atoms with Crippen LogP contribution in [0, 0.1) is 5.82 Å². The van der Waals surface area contributed by atoms with Crippen molar-refractivity contribution in [3.63, 3.8) is 0 Å². The first kappa shape index (κ1) is 29.5. The molecule has 12 heteroatoms. The smallest absolute Gasteiger partial charge is 0.240 e. The van der Waals surface area contributed by atoms with E-state index in [9.17, 15) is 14.0 Å². The van der Waals surface area contributed by atoms with E-state index in [1.54, 1.807) is 53.6 Å². The summed E-state index contributed by atoms with van der Waals surface area (Å²) < 4.78 is 30.9. The molecule has 218 valence electrons. The summed E-state index contributed by atoms with van der Waals surface area (Å²) in [5, 5.41) is 6.51. The van der Waals surface area contributed by atoms with E-state index in [1.807, 2.05) is 12.1 Å². The number of nitrogens with zero attached hydrogens (tertiary/aromatic N) is 2. The highest BCUT2D eigenvalue weighted by atomic mass is 35.5. The molecule has 0 atom stereocenters. The zero-order chi connectivity index (χ0) is 29.3. The molecule has 2 N–H and O–H groups in total. The van der Waals surface area contributed by atoms with Gasteiger partial charge < -0.3 is 24.8 Å². The molecule has 0 saturated heterocycles. The van der Waals surface area contributed by atoms with Gasteiger partial charge in [0.2, 0.25) is 11.8 Å². The van der Waals surface area contributed by atoms with Gasteiger partial charge in [0.15, 0.2) is 22.4 Å². The van der Waals surface area contributed by atoms with Gasteiger partial charge in [-0.1, -0.05) is 35.9 Å². The molecule has 1 aliphatic heterocycles. The fourth-order valence-electron chi connectivity index (χ4n) is 4.19. The van der Waals surface area contributed by atoms with Crippen molar-refractivity contribution in [1.29, 1.82) is 0 Å². The lowest BCUT2D eigenvalue weighted by atomic mass is 10.1. The molecule has 5 rings (SSSR count). The number of nitrogens with one attached hydrogen (secondary N) is 2. The van der Waals surface area contributed by atoms with Gasteiger partial charge in [-0.3, -0.25) is 14.5 Å².